The third kappa shape index (κ3) is 5.33. The molecule has 0 bridgehead atoms. The van der Waals surface area contributed by atoms with Gasteiger partial charge in [0.05, 0.1) is 0 Å². The Morgan fingerprint density at radius 3 is 2.40 bits per heavy atom. The predicted octanol–water partition coefficient (Wildman–Crippen LogP) is 3.50. The van der Waals surface area contributed by atoms with Crippen molar-refractivity contribution in [3.63, 3.8) is 0 Å². The van der Waals surface area contributed by atoms with Crippen LogP contribution in [0.25, 0.3) is 0 Å². The normalized spacial score (nSPS) is 13.1. The Hall–Kier alpha value is -1.35. The van der Waals surface area contributed by atoms with Crippen LogP contribution < -0.4 is 0 Å². The Kier molecular flexibility index (Phi) is 5.75. The molecule has 0 saturated carbocycles. The molecule has 0 spiro atoms. The molecule has 1 atom stereocenters. The molecule has 0 amide bonds. The standard InChI is InChI=1S/C17H26O3/c1-12-6-7-14(10-13(12)2)15(11-18)8-9-16(19)20-17(3,4)5/h6-7,10,15,18H,8-9,11H2,1-5H3/t15-/m1/s1. The fourth-order valence-electron chi connectivity index (χ4n) is 2.07. The van der Waals surface area contributed by atoms with Gasteiger partial charge < -0.3 is 9.84 Å². The Balaban J connectivity index is 2.63. The van der Waals surface area contributed by atoms with Crippen molar-refractivity contribution in [3.8, 4) is 0 Å². The molecule has 1 aromatic carbocycles. The van der Waals surface area contributed by atoms with Crippen LogP contribution in [0.1, 0.15) is 56.2 Å². The maximum absolute atomic E-state index is 11.7. The van der Waals surface area contributed by atoms with Crippen molar-refractivity contribution in [2.24, 2.45) is 0 Å². The number of aliphatic hydroxyl groups excluding tert-OH is 1. The van der Waals surface area contributed by atoms with Crippen molar-refractivity contribution in [1.29, 1.82) is 0 Å². The molecule has 0 unspecified atom stereocenters. The summed E-state index contributed by atoms with van der Waals surface area (Å²) in [6, 6.07) is 6.17. The van der Waals surface area contributed by atoms with E-state index in [0.29, 0.717) is 12.8 Å². The lowest BCUT2D eigenvalue weighted by atomic mass is 9.92. The van der Waals surface area contributed by atoms with Gasteiger partial charge in [0.15, 0.2) is 0 Å². The van der Waals surface area contributed by atoms with Crippen LogP contribution in [0.15, 0.2) is 18.2 Å². The highest BCUT2D eigenvalue weighted by Gasteiger charge is 2.18. The van der Waals surface area contributed by atoms with Gasteiger partial charge in [-0.25, -0.2) is 0 Å². The zero-order valence-electron chi connectivity index (χ0n) is 13.2. The van der Waals surface area contributed by atoms with E-state index in [0.717, 1.165) is 5.56 Å². The number of carbonyl (C=O) groups is 1. The number of benzene rings is 1. The summed E-state index contributed by atoms with van der Waals surface area (Å²) in [4.78, 5) is 11.7. The van der Waals surface area contributed by atoms with Crippen LogP contribution >= 0.6 is 0 Å². The molecule has 1 N–H and O–H groups in total. The number of ether oxygens (including phenoxy) is 1. The van der Waals surface area contributed by atoms with Gasteiger partial charge >= 0.3 is 5.97 Å². The maximum Gasteiger partial charge on any atom is 0.306 e. The zero-order valence-corrected chi connectivity index (χ0v) is 13.2. The third-order valence-electron chi connectivity index (χ3n) is 3.34. The minimum Gasteiger partial charge on any atom is -0.460 e. The van der Waals surface area contributed by atoms with E-state index < -0.39 is 5.60 Å². The van der Waals surface area contributed by atoms with Crippen molar-refractivity contribution in [3.05, 3.63) is 34.9 Å². The smallest absolute Gasteiger partial charge is 0.306 e. The van der Waals surface area contributed by atoms with E-state index in [1.807, 2.05) is 26.8 Å². The first-order valence-corrected chi connectivity index (χ1v) is 7.13. The van der Waals surface area contributed by atoms with Crippen LogP contribution in [0, 0.1) is 13.8 Å². The van der Waals surface area contributed by atoms with Crippen molar-refractivity contribution in [1.82, 2.24) is 0 Å². The first-order chi connectivity index (χ1) is 9.23. The van der Waals surface area contributed by atoms with Gasteiger partial charge in [0.1, 0.15) is 5.60 Å². The summed E-state index contributed by atoms with van der Waals surface area (Å²) < 4.78 is 5.29. The lowest BCUT2D eigenvalue weighted by molar-refractivity contribution is -0.155. The largest absolute Gasteiger partial charge is 0.460 e. The van der Waals surface area contributed by atoms with E-state index in [4.69, 9.17) is 4.74 Å². The summed E-state index contributed by atoms with van der Waals surface area (Å²) in [7, 11) is 0. The molecule has 3 heteroatoms. The van der Waals surface area contributed by atoms with E-state index in [1.165, 1.54) is 11.1 Å². The molecule has 1 aromatic rings. The number of esters is 1. The molecular weight excluding hydrogens is 252 g/mol. The Morgan fingerprint density at radius 1 is 1.25 bits per heavy atom. The topological polar surface area (TPSA) is 46.5 Å². The van der Waals surface area contributed by atoms with Crippen LogP contribution in [0.5, 0.6) is 0 Å². The van der Waals surface area contributed by atoms with Crippen LogP contribution in [0.2, 0.25) is 0 Å². The summed E-state index contributed by atoms with van der Waals surface area (Å²) in [6.45, 7) is 9.74. The summed E-state index contributed by atoms with van der Waals surface area (Å²) in [5, 5.41) is 9.53. The minimum atomic E-state index is -0.452. The average Bonchev–Trinajstić information content (AvgIpc) is 2.32. The lowest BCUT2D eigenvalue weighted by Crippen LogP contribution is -2.24. The maximum atomic E-state index is 11.7. The van der Waals surface area contributed by atoms with Crippen molar-refractivity contribution >= 4 is 5.97 Å². The predicted molar refractivity (Wildman–Crippen MR) is 80.8 cm³/mol. The lowest BCUT2D eigenvalue weighted by Gasteiger charge is -2.21. The summed E-state index contributed by atoms with van der Waals surface area (Å²) >= 11 is 0. The number of aryl methyl sites for hydroxylation is 2. The molecule has 20 heavy (non-hydrogen) atoms. The zero-order chi connectivity index (χ0) is 15.3. The molecule has 0 aliphatic rings. The van der Waals surface area contributed by atoms with E-state index in [2.05, 4.69) is 26.0 Å². The van der Waals surface area contributed by atoms with E-state index in [1.54, 1.807) is 0 Å². The second-order valence-electron chi connectivity index (χ2n) is 6.35. The molecule has 0 aliphatic carbocycles. The van der Waals surface area contributed by atoms with Crippen LogP contribution in [0.4, 0.5) is 0 Å². The fraction of sp³-hybridized carbons (Fsp3) is 0.588. The fourth-order valence-corrected chi connectivity index (χ4v) is 2.07. The molecule has 0 heterocycles. The van der Waals surface area contributed by atoms with E-state index >= 15 is 0 Å². The number of rotatable bonds is 5. The number of hydrogen-bond acceptors (Lipinski definition) is 3. The molecule has 0 aromatic heterocycles. The highest BCUT2D eigenvalue weighted by Crippen LogP contribution is 2.24. The molecule has 0 fully saturated rings. The Labute approximate surface area is 122 Å². The first kappa shape index (κ1) is 16.7. The van der Waals surface area contributed by atoms with Gasteiger partial charge in [0.2, 0.25) is 0 Å². The van der Waals surface area contributed by atoms with Gasteiger partial charge in [-0.3, -0.25) is 4.79 Å². The van der Waals surface area contributed by atoms with Crippen LogP contribution in [-0.2, 0) is 9.53 Å². The number of carbonyl (C=O) groups excluding carboxylic acids is 1. The Morgan fingerprint density at radius 2 is 1.90 bits per heavy atom. The minimum absolute atomic E-state index is 0.0122. The third-order valence-corrected chi connectivity index (χ3v) is 3.34. The molecule has 112 valence electrons. The second-order valence-corrected chi connectivity index (χ2v) is 6.35. The van der Waals surface area contributed by atoms with Gasteiger partial charge in [-0.1, -0.05) is 18.2 Å². The van der Waals surface area contributed by atoms with E-state index in [-0.39, 0.29) is 18.5 Å². The first-order valence-electron chi connectivity index (χ1n) is 7.13. The summed E-state index contributed by atoms with van der Waals surface area (Å²) in [6.07, 6.45) is 0.934. The molecular formula is C17H26O3. The monoisotopic (exact) mass is 278 g/mol. The molecule has 0 saturated heterocycles. The molecule has 3 nitrogen and oxygen atoms in total. The van der Waals surface area contributed by atoms with Gasteiger partial charge in [0.25, 0.3) is 0 Å². The highest BCUT2D eigenvalue weighted by molar-refractivity contribution is 5.69. The van der Waals surface area contributed by atoms with Gasteiger partial charge in [0, 0.05) is 18.9 Å². The number of aliphatic hydroxyl groups is 1. The average molecular weight is 278 g/mol. The second kappa shape index (κ2) is 6.89. The van der Waals surface area contributed by atoms with E-state index in [9.17, 15) is 9.90 Å². The Bertz CT molecular complexity index is 458. The quantitative estimate of drug-likeness (QED) is 0.838. The van der Waals surface area contributed by atoms with Crippen molar-refractivity contribution in [2.75, 3.05) is 6.61 Å². The summed E-state index contributed by atoms with van der Waals surface area (Å²) in [5.41, 5.74) is 3.07. The molecule has 0 aliphatic heterocycles. The van der Waals surface area contributed by atoms with Crippen molar-refractivity contribution in [2.45, 2.75) is 59.0 Å². The van der Waals surface area contributed by atoms with Crippen LogP contribution in [0.3, 0.4) is 0 Å². The molecule has 0 radical (unpaired) electrons. The molecule has 1 rings (SSSR count). The highest BCUT2D eigenvalue weighted by atomic mass is 16.6. The van der Waals surface area contributed by atoms with Gasteiger partial charge in [-0.2, -0.15) is 0 Å². The SMILES string of the molecule is Cc1ccc([C@@H](CO)CCC(=O)OC(C)(C)C)cc1C. The van der Waals surface area contributed by atoms with Crippen molar-refractivity contribution < 1.29 is 14.6 Å². The van der Waals surface area contributed by atoms with Crippen LogP contribution in [-0.4, -0.2) is 23.3 Å². The van der Waals surface area contributed by atoms with Gasteiger partial charge in [-0.05, 0) is 57.7 Å². The summed E-state index contributed by atoms with van der Waals surface area (Å²) in [5.74, 6) is -0.221. The van der Waals surface area contributed by atoms with Gasteiger partial charge in [-0.15, -0.1) is 0 Å². The number of hydrogen-bond donors (Lipinski definition) is 1.